The van der Waals surface area contributed by atoms with Gasteiger partial charge in [-0.25, -0.2) is 4.39 Å². The molecule has 1 aromatic heterocycles. The van der Waals surface area contributed by atoms with Gasteiger partial charge in [0, 0.05) is 55.5 Å². The molecule has 2 heterocycles. The zero-order chi connectivity index (χ0) is 21.6. The van der Waals surface area contributed by atoms with Crippen molar-refractivity contribution in [1.29, 1.82) is 0 Å². The smallest absolute Gasteiger partial charge is 0.167 e. The Bertz CT molecular complexity index is 1040. The van der Waals surface area contributed by atoms with E-state index in [2.05, 4.69) is 15.6 Å². The molecule has 0 saturated carbocycles. The first-order chi connectivity index (χ1) is 15.2. The molecule has 0 amide bonds. The summed E-state index contributed by atoms with van der Waals surface area (Å²) in [6.07, 6.45) is 1.62. The van der Waals surface area contributed by atoms with Crippen LogP contribution in [0.25, 0.3) is 10.9 Å². The van der Waals surface area contributed by atoms with Gasteiger partial charge in [0.1, 0.15) is 12.4 Å². The van der Waals surface area contributed by atoms with Crippen LogP contribution in [-0.4, -0.2) is 52.1 Å². The maximum absolute atomic E-state index is 14.4. The minimum absolute atomic E-state index is 0.133. The van der Waals surface area contributed by atoms with Gasteiger partial charge < -0.3 is 29.6 Å². The van der Waals surface area contributed by atoms with Gasteiger partial charge in [-0.05, 0) is 24.3 Å². The van der Waals surface area contributed by atoms with Crippen molar-refractivity contribution in [3.8, 4) is 23.0 Å². The normalized spacial score (nSPS) is 13.6. The zero-order valence-corrected chi connectivity index (χ0v) is 17.6. The van der Waals surface area contributed by atoms with Crippen LogP contribution in [-0.2, 0) is 4.74 Å². The van der Waals surface area contributed by atoms with E-state index in [1.165, 1.54) is 6.07 Å². The molecule has 4 rings (SSSR count). The van der Waals surface area contributed by atoms with Gasteiger partial charge in [0.2, 0.25) is 0 Å². The minimum atomic E-state index is -0.454. The number of halogens is 1. The van der Waals surface area contributed by atoms with E-state index < -0.39 is 5.82 Å². The molecule has 31 heavy (non-hydrogen) atoms. The van der Waals surface area contributed by atoms with Crippen LogP contribution in [0.3, 0.4) is 0 Å². The maximum atomic E-state index is 14.4. The molecule has 2 aromatic carbocycles. The van der Waals surface area contributed by atoms with E-state index >= 15 is 0 Å². The Kier molecular flexibility index (Phi) is 6.69. The molecule has 164 valence electrons. The van der Waals surface area contributed by atoms with Crippen molar-refractivity contribution in [2.24, 2.45) is 5.92 Å². The second-order valence-electron chi connectivity index (χ2n) is 7.28. The van der Waals surface area contributed by atoms with Crippen molar-refractivity contribution in [1.82, 2.24) is 10.3 Å². The van der Waals surface area contributed by atoms with Crippen molar-refractivity contribution in [3.63, 3.8) is 0 Å². The van der Waals surface area contributed by atoms with Crippen molar-refractivity contribution >= 4 is 16.6 Å². The number of fused-ring (bicyclic) bond motifs is 1. The summed E-state index contributed by atoms with van der Waals surface area (Å²) >= 11 is 0. The lowest BCUT2D eigenvalue weighted by Gasteiger charge is -2.26. The molecule has 1 aliphatic heterocycles. The van der Waals surface area contributed by atoms with Crippen LogP contribution in [0.5, 0.6) is 23.0 Å². The number of hydrogen-bond donors (Lipinski definition) is 2. The molecular weight excluding hydrogens is 401 g/mol. The number of aromatic nitrogens is 1. The van der Waals surface area contributed by atoms with Crippen LogP contribution in [0, 0.1) is 11.7 Å². The predicted molar refractivity (Wildman–Crippen MR) is 117 cm³/mol. The first-order valence-corrected chi connectivity index (χ1v) is 10.2. The Balaban J connectivity index is 1.49. The molecule has 8 heteroatoms. The van der Waals surface area contributed by atoms with Gasteiger partial charge in [0.05, 0.1) is 25.8 Å². The summed E-state index contributed by atoms with van der Waals surface area (Å²) in [4.78, 5) is 4.41. The van der Waals surface area contributed by atoms with Crippen molar-refractivity contribution in [2.45, 2.75) is 0 Å². The van der Waals surface area contributed by atoms with Gasteiger partial charge in [-0.3, -0.25) is 4.98 Å². The number of benzene rings is 2. The summed E-state index contributed by atoms with van der Waals surface area (Å²) in [6.45, 7) is 3.79. The zero-order valence-electron chi connectivity index (χ0n) is 17.6. The average molecular weight is 427 g/mol. The Morgan fingerprint density at radius 2 is 1.97 bits per heavy atom. The molecule has 2 N–H and O–H groups in total. The molecule has 3 aromatic rings. The number of nitrogens with one attached hydrogen (secondary N) is 2. The Hall–Kier alpha value is -3.10. The van der Waals surface area contributed by atoms with Gasteiger partial charge in [-0.1, -0.05) is 0 Å². The van der Waals surface area contributed by atoms with Crippen molar-refractivity contribution in [3.05, 3.63) is 48.4 Å². The average Bonchev–Trinajstić information content (AvgIpc) is 2.75. The third-order valence-corrected chi connectivity index (χ3v) is 5.10. The van der Waals surface area contributed by atoms with Gasteiger partial charge in [0.15, 0.2) is 23.1 Å². The molecule has 1 aliphatic rings. The fourth-order valence-corrected chi connectivity index (χ4v) is 3.29. The number of ether oxygens (including phenoxy) is 4. The molecule has 1 fully saturated rings. The van der Waals surface area contributed by atoms with E-state index in [0.717, 1.165) is 26.3 Å². The van der Waals surface area contributed by atoms with E-state index in [1.807, 2.05) is 0 Å². The lowest BCUT2D eigenvalue weighted by atomic mass is 10.1. The topological polar surface area (TPSA) is 73.9 Å². The monoisotopic (exact) mass is 427 g/mol. The molecule has 0 atom stereocenters. The fraction of sp³-hybridized carbons (Fsp3) is 0.348. The summed E-state index contributed by atoms with van der Waals surface area (Å²) in [5, 5.41) is 6.96. The molecule has 0 bridgehead atoms. The van der Waals surface area contributed by atoms with Crippen LogP contribution in [0.2, 0.25) is 0 Å². The molecular formula is C23H26FN3O4. The maximum Gasteiger partial charge on any atom is 0.167 e. The number of hydrogen-bond acceptors (Lipinski definition) is 7. The molecule has 1 saturated heterocycles. The quantitative estimate of drug-likeness (QED) is 0.477. The first-order valence-electron chi connectivity index (χ1n) is 10.2. The highest BCUT2D eigenvalue weighted by Gasteiger charge is 2.17. The van der Waals surface area contributed by atoms with Gasteiger partial charge in [0.25, 0.3) is 0 Å². The summed E-state index contributed by atoms with van der Waals surface area (Å²) in [5.74, 6) is 1.91. The number of nitrogens with zero attached hydrogens (tertiary/aromatic N) is 1. The van der Waals surface area contributed by atoms with Crippen LogP contribution in [0.15, 0.2) is 42.6 Å². The second-order valence-corrected chi connectivity index (χ2v) is 7.28. The van der Waals surface area contributed by atoms with Gasteiger partial charge >= 0.3 is 0 Å². The van der Waals surface area contributed by atoms with E-state index in [9.17, 15) is 4.39 Å². The van der Waals surface area contributed by atoms with E-state index in [4.69, 9.17) is 18.9 Å². The highest BCUT2D eigenvalue weighted by Crippen LogP contribution is 2.37. The SMILES string of the molecule is CNc1ccc(Oc2ccnc3cc(OCCNCC4COC4)c(OC)cc23)c(F)c1. The lowest BCUT2D eigenvalue weighted by molar-refractivity contribution is -0.0307. The number of methoxy groups -OCH3 is 1. The van der Waals surface area contributed by atoms with Gasteiger partial charge in [-0.2, -0.15) is 0 Å². The highest BCUT2D eigenvalue weighted by molar-refractivity contribution is 5.88. The summed E-state index contributed by atoms with van der Waals surface area (Å²) in [5.41, 5.74) is 1.34. The second kappa shape index (κ2) is 9.80. The first kappa shape index (κ1) is 21.1. The van der Waals surface area contributed by atoms with E-state index in [-0.39, 0.29) is 5.75 Å². The Morgan fingerprint density at radius 3 is 2.68 bits per heavy atom. The van der Waals surface area contributed by atoms with Crippen molar-refractivity contribution < 1.29 is 23.3 Å². The highest BCUT2D eigenvalue weighted by atomic mass is 19.1. The number of anilines is 1. The largest absolute Gasteiger partial charge is 0.493 e. The Labute approximate surface area is 180 Å². The van der Waals surface area contributed by atoms with Crippen molar-refractivity contribution in [2.75, 3.05) is 52.4 Å². The summed E-state index contributed by atoms with van der Waals surface area (Å²) in [6, 6.07) is 10.0. The Morgan fingerprint density at radius 1 is 1.10 bits per heavy atom. The molecule has 0 aliphatic carbocycles. The summed E-state index contributed by atoms with van der Waals surface area (Å²) in [7, 11) is 3.31. The fourth-order valence-electron chi connectivity index (χ4n) is 3.29. The van der Waals surface area contributed by atoms with Crippen LogP contribution in [0.1, 0.15) is 0 Å². The minimum Gasteiger partial charge on any atom is -0.493 e. The van der Waals surface area contributed by atoms with Crippen LogP contribution < -0.4 is 24.8 Å². The third kappa shape index (κ3) is 4.98. The number of pyridine rings is 1. The lowest BCUT2D eigenvalue weighted by Crippen LogP contribution is -2.38. The van der Waals surface area contributed by atoms with E-state index in [1.54, 1.807) is 50.7 Å². The predicted octanol–water partition coefficient (Wildman–Crippen LogP) is 3.83. The molecule has 0 unspecified atom stereocenters. The molecule has 0 spiro atoms. The van der Waals surface area contributed by atoms with Gasteiger partial charge in [-0.15, -0.1) is 0 Å². The molecule has 7 nitrogen and oxygen atoms in total. The van der Waals surface area contributed by atoms with Crippen LogP contribution in [0.4, 0.5) is 10.1 Å². The standard InChI is InChI=1S/C23H26FN3O4/c1-25-16-3-4-21(18(24)9-16)31-20-5-6-27-19-11-23(22(28-2)10-17(19)20)30-8-7-26-12-15-13-29-14-15/h3-6,9-11,15,25-26H,7-8,12-14H2,1-2H3. The number of rotatable bonds is 10. The summed E-state index contributed by atoms with van der Waals surface area (Å²) < 4.78 is 36.8. The van der Waals surface area contributed by atoms with Crippen LogP contribution >= 0.6 is 0 Å². The van der Waals surface area contributed by atoms with E-state index in [0.29, 0.717) is 46.4 Å². The third-order valence-electron chi connectivity index (χ3n) is 5.10. The molecule has 0 radical (unpaired) electrons.